The molecule has 2 N–H and O–H groups in total. The highest BCUT2D eigenvalue weighted by Crippen LogP contribution is 2.38. The molecule has 1 unspecified atom stereocenters. The van der Waals surface area contributed by atoms with Gasteiger partial charge >= 0.3 is 0 Å². The van der Waals surface area contributed by atoms with Crippen molar-refractivity contribution < 1.29 is 0 Å². The summed E-state index contributed by atoms with van der Waals surface area (Å²) in [4.78, 5) is 5.52. The number of pyridine rings is 1. The van der Waals surface area contributed by atoms with E-state index in [0.29, 0.717) is 11.6 Å². The number of nitrogens with two attached hydrogens (primary N) is 1. The largest absolute Gasteiger partial charge is 0.329 e. The highest BCUT2D eigenvalue weighted by Gasteiger charge is 2.14. The molecular formula is C11H10BrClN2S2. The first-order valence-electron chi connectivity index (χ1n) is 4.92. The summed E-state index contributed by atoms with van der Waals surface area (Å²) in [6.45, 7) is 0.585. The highest BCUT2D eigenvalue weighted by atomic mass is 79.9. The second kappa shape index (κ2) is 6.20. The molecule has 0 spiro atoms. The number of thiophene rings is 1. The fourth-order valence-electron chi connectivity index (χ4n) is 1.30. The summed E-state index contributed by atoms with van der Waals surface area (Å²) in [7, 11) is 0. The number of hydrogen-bond acceptors (Lipinski definition) is 4. The van der Waals surface area contributed by atoms with Crippen LogP contribution in [0.3, 0.4) is 0 Å². The van der Waals surface area contributed by atoms with Crippen LogP contribution in [-0.2, 0) is 0 Å². The Morgan fingerprint density at radius 1 is 1.41 bits per heavy atom. The number of nitrogens with zero attached hydrogens (tertiary/aromatic N) is 1. The third-order valence-electron chi connectivity index (χ3n) is 2.09. The van der Waals surface area contributed by atoms with E-state index >= 15 is 0 Å². The van der Waals surface area contributed by atoms with Crippen LogP contribution in [0.2, 0.25) is 5.02 Å². The standard InChI is InChI=1S/C11H10BrClN2S2/c12-10-3-2-8(16-10)9(5-14)17-11-4-1-7(13)6-15-11/h1-4,6,9H,5,14H2. The maximum atomic E-state index is 5.81. The third kappa shape index (κ3) is 3.69. The topological polar surface area (TPSA) is 38.9 Å². The summed E-state index contributed by atoms with van der Waals surface area (Å²) < 4.78 is 1.12. The smallest absolute Gasteiger partial charge is 0.0967 e. The van der Waals surface area contributed by atoms with Crippen molar-refractivity contribution in [3.05, 3.63) is 44.1 Å². The minimum absolute atomic E-state index is 0.236. The summed E-state index contributed by atoms with van der Waals surface area (Å²) in [6, 6.07) is 7.89. The van der Waals surface area contributed by atoms with Gasteiger partial charge in [-0.25, -0.2) is 4.98 Å². The van der Waals surface area contributed by atoms with E-state index in [9.17, 15) is 0 Å². The van der Waals surface area contributed by atoms with Crippen LogP contribution in [0.25, 0.3) is 0 Å². The maximum Gasteiger partial charge on any atom is 0.0967 e. The van der Waals surface area contributed by atoms with Crippen LogP contribution in [0.5, 0.6) is 0 Å². The molecule has 0 saturated heterocycles. The van der Waals surface area contributed by atoms with E-state index in [-0.39, 0.29) is 5.25 Å². The van der Waals surface area contributed by atoms with E-state index in [0.717, 1.165) is 8.81 Å². The Balaban J connectivity index is 2.12. The molecule has 1 atom stereocenters. The second-order valence-corrected chi connectivity index (χ2v) is 7.45. The monoisotopic (exact) mass is 348 g/mol. The van der Waals surface area contributed by atoms with Gasteiger partial charge in [0.15, 0.2) is 0 Å². The first-order valence-corrected chi connectivity index (χ1v) is 7.79. The Morgan fingerprint density at radius 2 is 2.24 bits per heavy atom. The van der Waals surface area contributed by atoms with Crippen molar-refractivity contribution in [3.8, 4) is 0 Å². The Kier molecular flexibility index (Phi) is 4.87. The number of thioether (sulfide) groups is 1. The number of hydrogen-bond donors (Lipinski definition) is 1. The van der Waals surface area contributed by atoms with E-state index in [1.807, 2.05) is 18.2 Å². The van der Waals surface area contributed by atoms with Gasteiger partial charge in [0.2, 0.25) is 0 Å². The van der Waals surface area contributed by atoms with E-state index < -0.39 is 0 Å². The quantitative estimate of drug-likeness (QED) is 0.834. The van der Waals surface area contributed by atoms with Crippen LogP contribution in [0.1, 0.15) is 10.1 Å². The molecule has 0 aromatic carbocycles. The van der Waals surface area contributed by atoms with E-state index in [1.54, 1.807) is 29.3 Å². The molecule has 2 rings (SSSR count). The number of halogens is 2. The van der Waals surface area contributed by atoms with Crippen molar-refractivity contribution in [2.75, 3.05) is 6.54 Å². The van der Waals surface area contributed by atoms with Gasteiger partial charge in [0.05, 0.1) is 19.1 Å². The molecule has 0 saturated carbocycles. The molecule has 0 radical (unpaired) electrons. The van der Waals surface area contributed by atoms with Crippen molar-refractivity contribution in [2.45, 2.75) is 10.3 Å². The predicted molar refractivity (Wildman–Crippen MR) is 78.9 cm³/mol. The van der Waals surface area contributed by atoms with Gasteiger partial charge in [-0.2, -0.15) is 0 Å². The van der Waals surface area contributed by atoms with E-state index in [1.165, 1.54) is 4.88 Å². The molecule has 0 amide bonds. The summed E-state index contributed by atoms with van der Waals surface area (Å²) in [5.74, 6) is 0. The molecule has 90 valence electrons. The van der Waals surface area contributed by atoms with Gasteiger partial charge in [0.25, 0.3) is 0 Å². The van der Waals surface area contributed by atoms with Gasteiger partial charge in [-0.3, -0.25) is 0 Å². The molecule has 0 aliphatic heterocycles. The molecule has 2 aromatic heterocycles. The molecule has 17 heavy (non-hydrogen) atoms. The van der Waals surface area contributed by atoms with E-state index in [2.05, 4.69) is 27.0 Å². The zero-order valence-electron chi connectivity index (χ0n) is 8.77. The molecule has 2 heterocycles. The van der Waals surface area contributed by atoms with E-state index in [4.69, 9.17) is 17.3 Å². The lowest BCUT2D eigenvalue weighted by Crippen LogP contribution is -2.08. The summed E-state index contributed by atoms with van der Waals surface area (Å²) in [5.41, 5.74) is 5.81. The predicted octanol–water partition coefficient (Wildman–Crippen LogP) is 4.35. The van der Waals surface area contributed by atoms with Gasteiger partial charge in [-0.05, 0) is 40.2 Å². The average molecular weight is 350 g/mol. The van der Waals surface area contributed by atoms with Crippen LogP contribution < -0.4 is 5.73 Å². The maximum absolute atomic E-state index is 5.81. The number of aromatic nitrogens is 1. The Bertz CT molecular complexity index is 486. The Labute approximate surface area is 122 Å². The van der Waals surface area contributed by atoms with Gasteiger partial charge in [-0.1, -0.05) is 23.4 Å². The Morgan fingerprint density at radius 3 is 2.76 bits per heavy atom. The van der Waals surface area contributed by atoms with Crippen molar-refractivity contribution in [3.63, 3.8) is 0 Å². The zero-order chi connectivity index (χ0) is 12.3. The summed E-state index contributed by atoms with van der Waals surface area (Å²) in [6.07, 6.45) is 1.65. The molecule has 2 aromatic rings. The van der Waals surface area contributed by atoms with Gasteiger partial charge in [0, 0.05) is 17.6 Å². The minimum Gasteiger partial charge on any atom is -0.329 e. The van der Waals surface area contributed by atoms with Gasteiger partial charge in [-0.15, -0.1) is 11.3 Å². The molecule has 0 aliphatic carbocycles. The average Bonchev–Trinajstić information content (AvgIpc) is 2.75. The first kappa shape index (κ1) is 13.4. The van der Waals surface area contributed by atoms with Crippen molar-refractivity contribution >= 4 is 50.6 Å². The third-order valence-corrected chi connectivity index (χ3v) is 5.41. The molecule has 0 bridgehead atoms. The molecule has 0 fully saturated rings. The van der Waals surface area contributed by atoms with Crippen LogP contribution in [0.15, 0.2) is 39.3 Å². The molecule has 0 aliphatic rings. The molecule has 6 heteroatoms. The lowest BCUT2D eigenvalue weighted by molar-refractivity contribution is 0.953. The van der Waals surface area contributed by atoms with Crippen LogP contribution in [0.4, 0.5) is 0 Å². The van der Waals surface area contributed by atoms with Crippen molar-refractivity contribution in [1.82, 2.24) is 4.98 Å². The highest BCUT2D eigenvalue weighted by molar-refractivity contribution is 9.11. The first-order chi connectivity index (χ1) is 8.19. The molecule has 2 nitrogen and oxygen atoms in total. The second-order valence-electron chi connectivity index (χ2n) is 3.30. The van der Waals surface area contributed by atoms with Crippen molar-refractivity contribution in [2.24, 2.45) is 5.73 Å². The van der Waals surface area contributed by atoms with Crippen molar-refractivity contribution in [1.29, 1.82) is 0 Å². The van der Waals surface area contributed by atoms with Gasteiger partial charge in [0.1, 0.15) is 0 Å². The number of rotatable bonds is 4. The van der Waals surface area contributed by atoms with Crippen LogP contribution in [0, 0.1) is 0 Å². The van der Waals surface area contributed by atoms with Gasteiger partial charge < -0.3 is 5.73 Å². The fourth-order valence-corrected chi connectivity index (χ4v) is 3.96. The Hall–Kier alpha value is -0.0700. The SMILES string of the molecule is NCC(Sc1ccc(Cl)cn1)c1ccc(Br)s1. The van der Waals surface area contributed by atoms with Crippen LogP contribution >= 0.6 is 50.6 Å². The lowest BCUT2D eigenvalue weighted by Gasteiger charge is -2.11. The minimum atomic E-state index is 0.236. The van der Waals surface area contributed by atoms with Crippen LogP contribution in [-0.4, -0.2) is 11.5 Å². The lowest BCUT2D eigenvalue weighted by atomic mass is 10.3. The summed E-state index contributed by atoms with van der Waals surface area (Å²) in [5, 5.41) is 1.83. The molecular weight excluding hydrogens is 340 g/mol. The normalized spacial score (nSPS) is 12.6. The fraction of sp³-hybridized carbons (Fsp3) is 0.182. The zero-order valence-corrected chi connectivity index (χ0v) is 12.7. The summed E-state index contributed by atoms with van der Waals surface area (Å²) >= 11 is 12.6.